The molecule has 0 unspecified atom stereocenters. The van der Waals surface area contributed by atoms with Gasteiger partial charge in [-0.3, -0.25) is 4.79 Å². The lowest BCUT2D eigenvalue weighted by atomic mass is 10.1. The number of aromatic amines is 2. The van der Waals surface area contributed by atoms with Crippen molar-refractivity contribution in [1.82, 2.24) is 9.97 Å². The summed E-state index contributed by atoms with van der Waals surface area (Å²) in [6, 6.07) is 12.4. The third-order valence-corrected chi connectivity index (χ3v) is 4.08. The Morgan fingerprint density at radius 2 is 1.69 bits per heavy atom. The van der Waals surface area contributed by atoms with Crippen LogP contribution in [0.2, 0.25) is 0 Å². The van der Waals surface area contributed by atoms with Crippen LogP contribution in [-0.4, -0.2) is 15.9 Å². The van der Waals surface area contributed by atoms with E-state index in [2.05, 4.69) is 9.97 Å². The average molecular weight is 354 g/mol. The molecular weight excluding hydrogens is 342 g/mol. The van der Waals surface area contributed by atoms with Crippen molar-refractivity contribution in [3.63, 3.8) is 0 Å². The van der Waals surface area contributed by atoms with Gasteiger partial charge in [0.05, 0.1) is 0 Å². The fourth-order valence-corrected chi connectivity index (χ4v) is 2.81. The van der Waals surface area contributed by atoms with Gasteiger partial charge in [0, 0.05) is 22.4 Å². The van der Waals surface area contributed by atoms with Gasteiger partial charge in [0.25, 0.3) is 5.56 Å². The summed E-state index contributed by atoms with van der Waals surface area (Å²) in [6.45, 7) is 0.0491. The molecule has 2 aromatic carbocycles. The van der Waals surface area contributed by atoms with Crippen LogP contribution >= 0.6 is 0 Å². The number of esters is 1. The Morgan fingerprint density at radius 1 is 0.962 bits per heavy atom. The topological polar surface area (TPSA) is 75.0 Å². The lowest BCUT2D eigenvalue weighted by Crippen LogP contribution is -2.15. The Balaban J connectivity index is 1.74. The zero-order valence-corrected chi connectivity index (χ0v) is 13.3. The quantitative estimate of drug-likeness (QED) is 0.552. The second-order valence-corrected chi connectivity index (χ2v) is 5.80. The number of carbonyl (C=O) groups excluding carboxylic acids is 1. The van der Waals surface area contributed by atoms with E-state index in [9.17, 15) is 18.4 Å². The second-order valence-electron chi connectivity index (χ2n) is 5.80. The summed E-state index contributed by atoms with van der Waals surface area (Å²) in [4.78, 5) is 29.7. The van der Waals surface area contributed by atoms with Crippen molar-refractivity contribution in [2.24, 2.45) is 0 Å². The molecule has 0 atom stereocenters. The maximum absolute atomic E-state index is 13.6. The van der Waals surface area contributed by atoms with Crippen LogP contribution in [0.25, 0.3) is 21.8 Å². The first-order valence-electron chi connectivity index (χ1n) is 7.78. The van der Waals surface area contributed by atoms with Crippen molar-refractivity contribution < 1.29 is 18.3 Å². The number of pyridine rings is 1. The van der Waals surface area contributed by atoms with Gasteiger partial charge in [0.1, 0.15) is 17.8 Å². The van der Waals surface area contributed by atoms with Gasteiger partial charge >= 0.3 is 5.97 Å². The monoisotopic (exact) mass is 354 g/mol. The number of ether oxygens (including phenoxy) is 1. The van der Waals surface area contributed by atoms with Gasteiger partial charge in [0.15, 0.2) is 11.6 Å². The third kappa shape index (κ3) is 2.73. The largest absolute Gasteiger partial charge is 0.456 e. The highest BCUT2D eigenvalue weighted by atomic mass is 19.2. The number of nitrogens with one attached hydrogen (secondary N) is 2. The van der Waals surface area contributed by atoms with Gasteiger partial charge < -0.3 is 14.7 Å². The minimum Gasteiger partial charge on any atom is -0.456 e. The molecule has 0 aliphatic heterocycles. The van der Waals surface area contributed by atoms with Crippen molar-refractivity contribution in [2.45, 2.75) is 6.61 Å². The van der Waals surface area contributed by atoms with Gasteiger partial charge in [-0.1, -0.05) is 30.3 Å². The Labute approximate surface area is 145 Å². The fourth-order valence-electron chi connectivity index (χ4n) is 2.81. The maximum Gasteiger partial charge on any atom is 0.355 e. The molecule has 130 valence electrons. The smallest absolute Gasteiger partial charge is 0.355 e. The molecule has 0 fully saturated rings. The first-order valence-corrected chi connectivity index (χ1v) is 7.78. The molecule has 5 nitrogen and oxygen atoms in total. The second kappa shape index (κ2) is 6.11. The Bertz CT molecular complexity index is 1200. The molecule has 0 saturated heterocycles. The third-order valence-electron chi connectivity index (χ3n) is 4.08. The number of halogens is 2. The molecule has 0 saturated carbocycles. The van der Waals surface area contributed by atoms with Gasteiger partial charge in [-0.2, -0.15) is 0 Å². The number of H-pyrrole nitrogens is 2. The van der Waals surface area contributed by atoms with E-state index in [-0.39, 0.29) is 23.3 Å². The van der Waals surface area contributed by atoms with Gasteiger partial charge in [-0.25, -0.2) is 13.6 Å². The van der Waals surface area contributed by atoms with Gasteiger partial charge in [0.2, 0.25) is 0 Å². The predicted octanol–water partition coefficient (Wildman–Crippen LogP) is 3.64. The number of fused-ring (bicyclic) bond motifs is 3. The Morgan fingerprint density at radius 3 is 2.46 bits per heavy atom. The van der Waals surface area contributed by atoms with E-state index in [1.807, 2.05) is 18.2 Å². The molecule has 0 aliphatic carbocycles. The number of aromatic nitrogens is 2. The van der Waals surface area contributed by atoms with E-state index >= 15 is 0 Å². The molecule has 0 bridgehead atoms. The molecular formula is C19H12F2N2O3. The minimum atomic E-state index is -1.04. The molecule has 4 rings (SSSR count). The summed E-state index contributed by atoms with van der Waals surface area (Å²) >= 11 is 0. The number of benzene rings is 2. The molecule has 0 amide bonds. The molecule has 0 radical (unpaired) electrons. The van der Waals surface area contributed by atoms with E-state index in [0.717, 1.165) is 17.7 Å². The molecule has 0 spiro atoms. The summed E-state index contributed by atoms with van der Waals surface area (Å²) in [5, 5.41) is 0.622. The maximum atomic E-state index is 13.6. The van der Waals surface area contributed by atoms with Crippen LogP contribution in [0.4, 0.5) is 8.78 Å². The lowest BCUT2D eigenvalue weighted by molar-refractivity contribution is 0.0465. The predicted molar refractivity (Wildman–Crippen MR) is 91.9 cm³/mol. The van der Waals surface area contributed by atoms with Crippen LogP contribution in [0.15, 0.2) is 53.3 Å². The summed E-state index contributed by atoms with van der Waals surface area (Å²) in [6.07, 6.45) is 0. The van der Waals surface area contributed by atoms with E-state index in [1.165, 1.54) is 6.07 Å². The van der Waals surface area contributed by atoms with Crippen LogP contribution in [0.1, 0.15) is 16.1 Å². The normalized spacial score (nSPS) is 11.2. The van der Waals surface area contributed by atoms with Crippen molar-refractivity contribution in [3.05, 3.63) is 81.8 Å². The van der Waals surface area contributed by atoms with Gasteiger partial charge in [-0.05, 0) is 17.7 Å². The Kier molecular flexibility index (Phi) is 3.76. The summed E-state index contributed by atoms with van der Waals surface area (Å²) in [7, 11) is 0. The van der Waals surface area contributed by atoms with E-state index in [4.69, 9.17) is 4.74 Å². The van der Waals surface area contributed by atoms with Crippen molar-refractivity contribution >= 4 is 27.8 Å². The SMILES string of the molecule is O=C(OCc1ccccc1)c1cc2c([nH]c3cc(F)c(F)cc32)c(=O)[nH]1. The zero-order chi connectivity index (χ0) is 18.3. The average Bonchev–Trinajstić information content (AvgIpc) is 2.99. The van der Waals surface area contributed by atoms with E-state index in [1.54, 1.807) is 12.1 Å². The number of hydrogen-bond acceptors (Lipinski definition) is 3. The standard InChI is InChI=1S/C19H12F2N2O3/c20-13-6-11-12-7-16(19(25)26-9-10-4-2-1-3-5-10)23-18(24)17(12)22-15(11)8-14(13)21/h1-8,22H,9H2,(H,23,24). The van der Waals surface area contributed by atoms with Crippen molar-refractivity contribution in [3.8, 4) is 0 Å². The molecule has 26 heavy (non-hydrogen) atoms. The number of rotatable bonds is 3. The minimum absolute atomic E-state index is 0.0491. The Hall–Kier alpha value is -3.48. The molecule has 2 heterocycles. The number of hydrogen-bond donors (Lipinski definition) is 2. The highest BCUT2D eigenvalue weighted by molar-refractivity contribution is 6.08. The molecule has 4 aromatic rings. The summed E-state index contributed by atoms with van der Waals surface area (Å²) in [5.41, 5.74) is 0.549. The number of carbonyl (C=O) groups is 1. The molecule has 7 heteroatoms. The highest BCUT2D eigenvalue weighted by Gasteiger charge is 2.16. The van der Waals surface area contributed by atoms with Crippen LogP contribution in [-0.2, 0) is 11.3 Å². The zero-order valence-electron chi connectivity index (χ0n) is 13.3. The first-order chi connectivity index (χ1) is 12.5. The highest BCUT2D eigenvalue weighted by Crippen LogP contribution is 2.26. The van der Waals surface area contributed by atoms with E-state index in [0.29, 0.717) is 10.8 Å². The molecule has 2 aromatic heterocycles. The summed E-state index contributed by atoms with van der Waals surface area (Å²) < 4.78 is 32.1. The van der Waals surface area contributed by atoms with Crippen LogP contribution in [0.3, 0.4) is 0 Å². The molecule has 2 N–H and O–H groups in total. The van der Waals surface area contributed by atoms with Crippen molar-refractivity contribution in [2.75, 3.05) is 0 Å². The first kappa shape index (κ1) is 16.0. The van der Waals surface area contributed by atoms with E-state index < -0.39 is 23.2 Å². The summed E-state index contributed by atoms with van der Waals surface area (Å²) in [5.74, 6) is -2.78. The van der Waals surface area contributed by atoms with Crippen LogP contribution in [0.5, 0.6) is 0 Å². The lowest BCUT2D eigenvalue weighted by Gasteiger charge is -2.05. The van der Waals surface area contributed by atoms with Crippen LogP contribution < -0.4 is 5.56 Å². The van der Waals surface area contributed by atoms with Crippen molar-refractivity contribution in [1.29, 1.82) is 0 Å². The van der Waals surface area contributed by atoms with Crippen LogP contribution in [0, 0.1) is 11.6 Å². The molecule has 0 aliphatic rings. The van der Waals surface area contributed by atoms with Gasteiger partial charge in [-0.15, -0.1) is 0 Å². The fraction of sp³-hybridized carbons (Fsp3) is 0.0526.